The van der Waals surface area contributed by atoms with Gasteiger partial charge in [0.1, 0.15) is 6.07 Å². The van der Waals surface area contributed by atoms with Crippen LogP contribution < -0.4 is 0 Å². The van der Waals surface area contributed by atoms with Gasteiger partial charge in [0.15, 0.2) is 0 Å². The van der Waals surface area contributed by atoms with Crippen LogP contribution in [-0.4, -0.2) is 69.6 Å². The second-order valence-corrected chi connectivity index (χ2v) is 7.71. The molecule has 2 amide bonds. The summed E-state index contributed by atoms with van der Waals surface area (Å²) < 4.78 is 0. The Balaban J connectivity index is 1.27. The number of aliphatic hydroxyl groups is 1. The van der Waals surface area contributed by atoms with Crippen molar-refractivity contribution >= 4 is 6.03 Å². The van der Waals surface area contributed by atoms with Crippen LogP contribution >= 0.6 is 0 Å². The Morgan fingerprint density at radius 1 is 1.07 bits per heavy atom. The summed E-state index contributed by atoms with van der Waals surface area (Å²) in [5.41, 5.74) is 3.97. The lowest BCUT2D eigenvalue weighted by Crippen LogP contribution is -2.43. The van der Waals surface area contributed by atoms with Crippen LogP contribution in [0.3, 0.4) is 0 Å². The van der Waals surface area contributed by atoms with Crippen molar-refractivity contribution in [1.29, 1.82) is 5.26 Å². The Hall–Kier alpha value is -2.95. The van der Waals surface area contributed by atoms with Gasteiger partial charge in [0.25, 0.3) is 0 Å². The van der Waals surface area contributed by atoms with Gasteiger partial charge >= 0.3 is 6.03 Å². The van der Waals surface area contributed by atoms with Crippen LogP contribution in [0.4, 0.5) is 4.79 Å². The van der Waals surface area contributed by atoms with E-state index in [1.165, 1.54) is 17.3 Å². The van der Waals surface area contributed by atoms with E-state index in [0.29, 0.717) is 38.3 Å². The largest absolute Gasteiger partial charge is 0.390 e. The molecule has 7 nitrogen and oxygen atoms in total. The molecule has 2 aliphatic heterocycles. The molecule has 150 valence electrons. The number of carbonyl (C=O) groups excluding carboxylic acids is 1. The van der Waals surface area contributed by atoms with Crippen molar-refractivity contribution in [3.8, 4) is 6.07 Å². The molecule has 2 aromatic rings. The monoisotopic (exact) mass is 391 g/mol. The number of aliphatic hydroxyl groups excluding tert-OH is 1. The fourth-order valence-corrected chi connectivity index (χ4v) is 4.05. The summed E-state index contributed by atoms with van der Waals surface area (Å²) in [7, 11) is 0. The zero-order valence-corrected chi connectivity index (χ0v) is 16.4. The quantitative estimate of drug-likeness (QED) is 0.809. The number of rotatable bonds is 6. The predicted molar refractivity (Wildman–Crippen MR) is 108 cm³/mol. The molecule has 29 heavy (non-hydrogen) atoms. The predicted octanol–water partition coefficient (Wildman–Crippen LogP) is 1.61. The average molecular weight is 391 g/mol. The van der Waals surface area contributed by atoms with E-state index in [2.05, 4.69) is 34.1 Å². The second-order valence-electron chi connectivity index (χ2n) is 7.71. The SMILES string of the molecule is N#Cc1ccc(CN2CCN(C[C@H](O)CN3CCc4ccccc4C3)C2=O)nc1. The molecule has 4 rings (SSSR count). The molecule has 7 heteroatoms. The number of β-amino-alcohol motifs (C(OH)–C–C–N with tert-alkyl or cyclic N) is 1. The van der Waals surface area contributed by atoms with E-state index < -0.39 is 6.10 Å². The van der Waals surface area contributed by atoms with Crippen molar-refractivity contribution in [2.24, 2.45) is 0 Å². The summed E-state index contributed by atoms with van der Waals surface area (Å²) in [6.45, 7) is 4.32. The number of hydrogen-bond donors (Lipinski definition) is 1. The van der Waals surface area contributed by atoms with Crippen LogP contribution in [0, 0.1) is 11.3 Å². The lowest BCUT2D eigenvalue weighted by atomic mass is 10.00. The van der Waals surface area contributed by atoms with Gasteiger partial charge in [-0.3, -0.25) is 9.88 Å². The molecule has 0 saturated carbocycles. The maximum absolute atomic E-state index is 12.7. The molecular weight excluding hydrogens is 366 g/mol. The molecule has 0 bridgehead atoms. The van der Waals surface area contributed by atoms with E-state index in [0.717, 1.165) is 25.2 Å². The highest BCUT2D eigenvalue weighted by atomic mass is 16.3. The van der Waals surface area contributed by atoms with E-state index in [-0.39, 0.29) is 6.03 Å². The number of nitrogens with zero attached hydrogens (tertiary/aromatic N) is 5. The highest BCUT2D eigenvalue weighted by Crippen LogP contribution is 2.19. The fourth-order valence-electron chi connectivity index (χ4n) is 4.05. The van der Waals surface area contributed by atoms with Crippen LogP contribution in [0.25, 0.3) is 0 Å². The second kappa shape index (κ2) is 8.60. The highest BCUT2D eigenvalue weighted by Gasteiger charge is 2.30. The van der Waals surface area contributed by atoms with Crippen LogP contribution in [0.5, 0.6) is 0 Å². The van der Waals surface area contributed by atoms with Crippen LogP contribution in [0.15, 0.2) is 42.6 Å². The molecule has 1 atom stereocenters. The van der Waals surface area contributed by atoms with E-state index >= 15 is 0 Å². The topological polar surface area (TPSA) is 83.7 Å². The van der Waals surface area contributed by atoms with Gasteiger partial charge < -0.3 is 14.9 Å². The van der Waals surface area contributed by atoms with Gasteiger partial charge in [-0.2, -0.15) is 5.26 Å². The number of urea groups is 1. The molecule has 2 aliphatic rings. The average Bonchev–Trinajstić information content (AvgIpc) is 3.07. The fraction of sp³-hybridized carbons (Fsp3) is 0.409. The standard InChI is InChI=1S/C22H25N5O2/c23-11-17-5-6-20(24-12-17)14-26-9-10-27(22(26)29)16-21(28)15-25-8-7-18-3-1-2-4-19(18)13-25/h1-6,12,21,28H,7-10,13-16H2/t21-/m1/s1. The highest BCUT2D eigenvalue weighted by molar-refractivity contribution is 5.76. The lowest BCUT2D eigenvalue weighted by molar-refractivity contribution is 0.0812. The molecule has 1 fully saturated rings. The van der Waals surface area contributed by atoms with Gasteiger partial charge in [0, 0.05) is 45.5 Å². The molecule has 1 saturated heterocycles. The Morgan fingerprint density at radius 3 is 2.62 bits per heavy atom. The molecule has 1 aromatic heterocycles. The first-order valence-corrected chi connectivity index (χ1v) is 9.98. The van der Waals surface area contributed by atoms with E-state index in [1.54, 1.807) is 21.9 Å². The number of carbonyl (C=O) groups is 1. The van der Waals surface area contributed by atoms with Crippen LogP contribution in [-0.2, 0) is 19.5 Å². The third-order valence-corrected chi connectivity index (χ3v) is 5.60. The van der Waals surface area contributed by atoms with Crippen molar-refractivity contribution in [2.45, 2.75) is 25.6 Å². The Kier molecular flexibility index (Phi) is 5.74. The number of fused-ring (bicyclic) bond motifs is 1. The molecule has 0 aliphatic carbocycles. The summed E-state index contributed by atoms with van der Waals surface area (Å²) in [5, 5.41) is 19.4. The minimum atomic E-state index is -0.572. The third-order valence-electron chi connectivity index (χ3n) is 5.60. The van der Waals surface area contributed by atoms with Crippen molar-refractivity contribution < 1.29 is 9.90 Å². The van der Waals surface area contributed by atoms with Crippen molar-refractivity contribution in [1.82, 2.24) is 19.7 Å². The maximum atomic E-state index is 12.7. The third kappa shape index (κ3) is 4.56. The minimum Gasteiger partial charge on any atom is -0.390 e. The normalized spacial score (nSPS) is 17.9. The van der Waals surface area contributed by atoms with Crippen molar-refractivity contribution in [3.05, 3.63) is 65.0 Å². The first-order chi connectivity index (χ1) is 14.1. The Labute approximate surface area is 170 Å². The zero-order valence-electron chi connectivity index (χ0n) is 16.4. The molecule has 0 unspecified atom stereocenters. The molecular formula is C22H25N5O2. The number of amides is 2. The summed E-state index contributed by atoms with van der Waals surface area (Å²) in [6, 6.07) is 13.9. The molecule has 1 N–H and O–H groups in total. The summed E-state index contributed by atoms with van der Waals surface area (Å²) in [4.78, 5) is 22.6. The summed E-state index contributed by atoms with van der Waals surface area (Å²) in [5.74, 6) is 0. The summed E-state index contributed by atoms with van der Waals surface area (Å²) >= 11 is 0. The zero-order chi connectivity index (χ0) is 20.2. The van der Waals surface area contributed by atoms with Gasteiger partial charge in [-0.15, -0.1) is 0 Å². The number of nitriles is 1. The van der Waals surface area contributed by atoms with E-state index in [9.17, 15) is 9.90 Å². The first kappa shape index (κ1) is 19.4. The minimum absolute atomic E-state index is 0.0702. The number of pyridine rings is 1. The molecule has 0 spiro atoms. The Bertz CT molecular complexity index is 908. The van der Waals surface area contributed by atoms with E-state index in [1.807, 2.05) is 6.07 Å². The van der Waals surface area contributed by atoms with Gasteiger partial charge in [-0.05, 0) is 29.7 Å². The molecule has 3 heterocycles. The van der Waals surface area contributed by atoms with E-state index in [4.69, 9.17) is 5.26 Å². The van der Waals surface area contributed by atoms with Crippen LogP contribution in [0.2, 0.25) is 0 Å². The number of hydrogen-bond acceptors (Lipinski definition) is 5. The maximum Gasteiger partial charge on any atom is 0.320 e. The number of aromatic nitrogens is 1. The molecule has 1 aromatic carbocycles. The van der Waals surface area contributed by atoms with Crippen molar-refractivity contribution in [2.75, 3.05) is 32.7 Å². The lowest BCUT2D eigenvalue weighted by Gasteiger charge is -2.31. The first-order valence-electron chi connectivity index (χ1n) is 9.98. The van der Waals surface area contributed by atoms with Crippen molar-refractivity contribution in [3.63, 3.8) is 0 Å². The molecule has 0 radical (unpaired) electrons. The summed E-state index contributed by atoms with van der Waals surface area (Å²) in [6.07, 6.45) is 1.95. The van der Waals surface area contributed by atoms with Gasteiger partial charge in [0.2, 0.25) is 0 Å². The smallest absolute Gasteiger partial charge is 0.320 e. The van der Waals surface area contributed by atoms with Crippen LogP contribution in [0.1, 0.15) is 22.4 Å². The Morgan fingerprint density at radius 2 is 1.86 bits per heavy atom. The number of benzene rings is 1. The van der Waals surface area contributed by atoms with Gasteiger partial charge in [-0.1, -0.05) is 24.3 Å². The van der Waals surface area contributed by atoms with Gasteiger partial charge in [0.05, 0.1) is 23.9 Å². The van der Waals surface area contributed by atoms with Gasteiger partial charge in [-0.25, -0.2) is 4.79 Å².